The Morgan fingerprint density at radius 3 is 2.66 bits per heavy atom. The van der Waals surface area contributed by atoms with Crippen LogP contribution in [0, 0.1) is 13.8 Å². The summed E-state index contributed by atoms with van der Waals surface area (Å²) in [4.78, 5) is 16.8. The molecule has 3 aromatic heterocycles. The van der Waals surface area contributed by atoms with E-state index >= 15 is 0 Å². The number of thiazole rings is 1. The molecule has 1 aromatic carbocycles. The lowest BCUT2D eigenvalue weighted by Gasteiger charge is -2.07. The first-order valence-electron chi connectivity index (χ1n) is 9.45. The van der Waals surface area contributed by atoms with E-state index in [1.807, 2.05) is 28.4 Å². The molecule has 4 aromatic rings. The van der Waals surface area contributed by atoms with Gasteiger partial charge in [0.25, 0.3) is 0 Å². The first-order valence-corrected chi connectivity index (χ1v) is 11.3. The van der Waals surface area contributed by atoms with Gasteiger partial charge in [-0.3, -0.25) is 4.79 Å². The van der Waals surface area contributed by atoms with Crippen molar-refractivity contribution in [1.29, 1.82) is 0 Å². The number of hydrogen-bond acceptors (Lipinski definition) is 5. The molecule has 0 atom stereocenters. The fraction of sp³-hybridized carbons (Fsp3) is 0.227. The van der Waals surface area contributed by atoms with Crippen molar-refractivity contribution in [2.75, 3.05) is 6.54 Å². The van der Waals surface area contributed by atoms with Gasteiger partial charge < -0.3 is 5.32 Å². The van der Waals surface area contributed by atoms with Crippen LogP contribution in [0.3, 0.4) is 0 Å². The third-order valence-corrected chi connectivity index (χ3v) is 6.21. The molecule has 0 saturated carbocycles. The molecule has 0 saturated heterocycles. The Hall–Kier alpha value is -2.77. The van der Waals surface area contributed by atoms with E-state index in [0.29, 0.717) is 13.0 Å². The minimum atomic E-state index is 0.00595. The number of aryl methyl sites for hydroxylation is 2. The second-order valence-corrected chi connectivity index (χ2v) is 8.58. The second kappa shape index (κ2) is 8.71. The topological polar surface area (TPSA) is 59.8 Å². The number of hydrogen-bond donors (Lipinski definition) is 1. The van der Waals surface area contributed by atoms with Crippen LogP contribution in [0.25, 0.3) is 16.3 Å². The van der Waals surface area contributed by atoms with Crippen LogP contribution in [0.4, 0.5) is 0 Å². The van der Waals surface area contributed by atoms with Crippen LogP contribution in [-0.4, -0.2) is 27.2 Å². The summed E-state index contributed by atoms with van der Waals surface area (Å²) < 4.78 is 1.94. The van der Waals surface area contributed by atoms with Crippen LogP contribution in [-0.2, 0) is 17.6 Å². The fourth-order valence-electron chi connectivity index (χ4n) is 3.17. The standard InChI is InChI=1S/C22H22N4OS2/c1-15-11-16(2)26(25-15)20-5-3-17(4-6-20)7-9-23-21(27)12-19-14-29-22(24-19)18-8-10-28-13-18/h3-6,8,10-11,13-14H,7,9,12H2,1-2H3,(H,23,27). The third kappa shape index (κ3) is 4.81. The van der Waals surface area contributed by atoms with E-state index in [4.69, 9.17) is 0 Å². The zero-order chi connectivity index (χ0) is 20.2. The number of benzene rings is 1. The number of carbonyl (C=O) groups excluding carboxylic acids is 1. The van der Waals surface area contributed by atoms with Crippen LogP contribution < -0.4 is 5.32 Å². The molecule has 3 heterocycles. The highest BCUT2D eigenvalue weighted by Gasteiger charge is 2.09. The average Bonchev–Trinajstić information content (AvgIpc) is 3.44. The Kier molecular flexibility index (Phi) is 5.87. The van der Waals surface area contributed by atoms with E-state index in [1.54, 1.807) is 22.7 Å². The van der Waals surface area contributed by atoms with Crippen LogP contribution in [0.15, 0.2) is 52.5 Å². The predicted octanol–water partition coefficient (Wildman–Crippen LogP) is 4.58. The van der Waals surface area contributed by atoms with Crippen LogP contribution in [0.5, 0.6) is 0 Å². The summed E-state index contributed by atoms with van der Waals surface area (Å²) in [5.41, 5.74) is 6.30. The van der Waals surface area contributed by atoms with Gasteiger partial charge in [0, 0.05) is 28.6 Å². The maximum absolute atomic E-state index is 12.2. The van der Waals surface area contributed by atoms with Crippen molar-refractivity contribution in [3.8, 4) is 16.3 Å². The van der Waals surface area contributed by atoms with Gasteiger partial charge in [0.1, 0.15) is 5.01 Å². The molecule has 0 aliphatic rings. The summed E-state index contributed by atoms with van der Waals surface area (Å²) in [5, 5.41) is 14.5. The smallest absolute Gasteiger partial charge is 0.226 e. The SMILES string of the molecule is Cc1cc(C)n(-c2ccc(CCNC(=O)Cc3csc(-c4ccsc4)n3)cc2)n1. The van der Waals surface area contributed by atoms with E-state index in [2.05, 4.69) is 58.0 Å². The fourth-order valence-corrected chi connectivity index (χ4v) is 4.71. The molecule has 1 amide bonds. The average molecular weight is 423 g/mol. The summed E-state index contributed by atoms with van der Waals surface area (Å²) in [6.07, 6.45) is 1.11. The van der Waals surface area contributed by atoms with E-state index in [-0.39, 0.29) is 5.91 Å². The van der Waals surface area contributed by atoms with Gasteiger partial charge in [0.05, 0.1) is 23.5 Å². The largest absolute Gasteiger partial charge is 0.355 e. The Morgan fingerprint density at radius 2 is 1.97 bits per heavy atom. The summed E-state index contributed by atoms with van der Waals surface area (Å²) in [5.74, 6) is 0.00595. The first-order chi connectivity index (χ1) is 14.1. The molecule has 0 aliphatic carbocycles. The van der Waals surface area contributed by atoms with E-state index in [0.717, 1.165) is 39.8 Å². The highest BCUT2D eigenvalue weighted by atomic mass is 32.1. The van der Waals surface area contributed by atoms with Crippen molar-refractivity contribution < 1.29 is 4.79 Å². The van der Waals surface area contributed by atoms with Gasteiger partial charge >= 0.3 is 0 Å². The molecule has 29 heavy (non-hydrogen) atoms. The highest BCUT2D eigenvalue weighted by Crippen LogP contribution is 2.25. The van der Waals surface area contributed by atoms with Crippen LogP contribution in [0.1, 0.15) is 22.6 Å². The van der Waals surface area contributed by atoms with E-state index in [1.165, 1.54) is 5.56 Å². The maximum Gasteiger partial charge on any atom is 0.226 e. The lowest BCUT2D eigenvalue weighted by Crippen LogP contribution is -2.27. The Balaban J connectivity index is 1.26. The van der Waals surface area contributed by atoms with Crippen molar-refractivity contribution >= 4 is 28.6 Å². The minimum absolute atomic E-state index is 0.00595. The maximum atomic E-state index is 12.2. The number of thiophene rings is 1. The highest BCUT2D eigenvalue weighted by molar-refractivity contribution is 7.14. The van der Waals surface area contributed by atoms with Gasteiger partial charge in [0.2, 0.25) is 5.91 Å². The van der Waals surface area contributed by atoms with E-state index < -0.39 is 0 Å². The minimum Gasteiger partial charge on any atom is -0.355 e. The Bertz CT molecular complexity index is 1090. The normalized spacial score (nSPS) is 11.0. The van der Waals surface area contributed by atoms with Gasteiger partial charge in [-0.25, -0.2) is 9.67 Å². The lowest BCUT2D eigenvalue weighted by molar-refractivity contribution is -0.120. The third-order valence-electron chi connectivity index (χ3n) is 4.59. The molecule has 0 aliphatic heterocycles. The molecule has 0 radical (unpaired) electrons. The molecule has 0 fully saturated rings. The molecule has 0 spiro atoms. The van der Waals surface area contributed by atoms with Crippen molar-refractivity contribution in [2.24, 2.45) is 0 Å². The number of aromatic nitrogens is 3. The molecule has 0 unspecified atom stereocenters. The summed E-state index contributed by atoms with van der Waals surface area (Å²) in [6.45, 7) is 4.66. The zero-order valence-electron chi connectivity index (χ0n) is 16.4. The molecule has 7 heteroatoms. The predicted molar refractivity (Wildman–Crippen MR) is 119 cm³/mol. The second-order valence-electron chi connectivity index (χ2n) is 6.94. The quantitative estimate of drug-likeness (QED) is 0.474. The molecular formula is C22H22N4OS2. The van der Waals surface area contributed by atoms with Crippen LogP contribution >= 0.6 is 22.7 Å². The first kappa shape index (κ1) is 19.5. The Morgan fingerprint density at radius 1 is 1.14 bits per heavy atom. The molecular weight excluding hydrogens is 400 g/mol. The number of amides is 1. The zero-order valence-corrected chi connectivity index (χ0v) is 18.0. The number of carbonyl (C=O) groups is 1. The van der Waals surface area contributed by atoms with Crippen LogP contribution in [0.2, 0.25) is 0 Å². The number of rotatable bonds is 7. The van der Waals surface area contributed by atoms with Gasteiger partial charge in [-0.2, -0.15) is 16.4 Å². The molecule has 0 bridgehead atoms. The molecule has 4 rings (SSSR count). The molecule has 148 valence electrons. The van der Waals surface area contributed by atoms with Crippen molar-refractivity contribution in [3.05, 3.63) is 75.2 Å². The van der Waals surface area contributed by atoms with Crippen molar-refractivity contribution in [1.82, 2.24) is 20.1 Å². The molecule has 1 N–H and O–H groups in total. The van der Waals surface area contributed by atoms with Crippen molar-refractivity contribution in [3.63, 3.8) is 0 Å². The summed E-state index contributed by atoms with van der Waals surface area (Å²) >= 11 is 3.23. The lowest BCUT2D eigenvalue weighted by atomic mass is 10.1. The van der Waals surface area contributed by atoms with Gasteiger partial charge in [0.15, 0.2) is 0 Å². The monoisotopic (exact) mass is 422 g/mol. The van der Waals surface area contributed by atoms with Gasteiger partial charge in [-0.1, -0.05) is 12.1 Å². The van der Waals surface area contributed by atoms with Gasteiger partial charge in [-0.05, 0) is 55.5 Å². The summed E-state index contributed by atoms with van der Waals surface area (Å²) in [7, 11) is 0. The van der Waals surface area contributed by atoms with E-state index in [9.17, 15) is 4.79 Å². The number of nitrogens with zero attached hydrogens (tertiary/aromatic N) is 3. The number of nitrogens with one attached hydrogen (secondary N) is 1. The van der Waals surface area contributed by atoms with Crippen molar-refractivity contribution in [2.45, 2.75) is 26.7 Å². The molecule has 5 nitrogen and oxygen atoms in total. The Labute approximate surface area is 178 Å². The van der Waals surface area contributed by atoms with Gasteiger partial charge in [-0.15, -0.1) is 11.3 Å². The summed E-state index contributed by atoms with van der Waals surface area (Å²) in [6, 6.07) is 12.4.